The smallest absolute Gasteiger partial charge is 0.352 e. The number of rotatable bonds is 8. The van der Waals surface area contributed by atoms with Gasteiger partial charge >= 0.3 is 6.18 Å². The average molecular weight is 553 g/mol. The van der Waals surface area contributed by atoms with Crippen LogP contribution >= 0.6 is 0 Å². The van der Waals surface area contributed by atoms with Gasteiger partial charge in [0.2, 0.25) is 5.91 Å². The average Bonchev–Trinajstić information content (AvgIpc) is 3.45. The summed E-state index contributed by atoms with van der Waals surface area (Å²) in [5, 5.41) is 2.49. The Balaban J connectivity index is 1.29. The zero-order valence-electron chi connectivity index (χ0n) is 20.5. The van der Waals surface area contributed by atoms with Crippen LogP contribution in [-0.2, 0) is 25.8 Å². The zero-order valence-corrected chi connectivity index (χ0v) is 21.3. The second-order valence-electron chi connectivity index (χ2n) is 9.50. The molecule has 3 heterocycles. The quantitative estimate of drug-likeness (QED) is 0.538. The van der Waals surface area contributed by atoms with Crippen LogP contribution in [0.3, 0.4) is 0 Å². The third-order valence-corrected chi connectivity index (χ3v) is 8.62. The van der Waals surface area contributed by atoms with Crippen LogP contribution in [0.2, 0.25) is 0 Å². The molecule has 0 spiro atoms. The van der Waals surface area contributed by atoms with Crippen LogP contribution in [0.4, 0.5) is 13.2 Å². The van der Waals surface area contributed by atoms with Crippen molar-refractivity contribution in [3.63, 3.8) is 0 Å². The van der Waals surface area contributed by atoms with Crippen molar-refractivity contribution in [1.82, 2.24) is 19.5 Å². The molecule has 204 valence electrons. The molecule has 3 unspecified atom stereocenters. The fourth-order valence-corrected chi connectivity index (χ4v) is 6.41. The third-order valence-electron chi connectivity index (χ3n) is 6.83. The number of amides is 2. The predicted molar refractivity (Wildman–Crippen MR) is 129 cm³/mol. The molecule has 0 saturated carbocycles. The molecule has 2 aliphatic heterocycles. The van der Waals surface area contributed by atoms with Crippen molar-refractivity contribution >= 4 is 27.6 Å². The van der Waals surface area contributed by atoms with E-state index in [4.69, 9.17) is 0 Å². The van der Waals surface area contributed by atoms with E-state index in [0.29, 0.717) is 12.8 Å². The highest BCUT2D eigenvalue weighted by Gasteiger charge is 2.53. The highest BCUT2D eigenvalue weighted by molar-refractivity contribution is 7.89. The van der Waals surface area contributed by atoms with Crippen LogP contribution in [0.5, 0.6) is 0 Å². The van der Waals surface area contributed by atoms with Gasteiger partial charge in [0.1, 0.15) is 6.04 Å². The van der Waals surface area contributed by atoms with Gasteiger partial charge in [-0.2, -0.15) is 17.5 Å². The molecule has 2 amide bonds. The first-order valence-electron chi connectivity index (χ1n) is 12.1. The summed E-state index contributed by atoms with van der Waals surface area (Å²) >= 11 is 0. The molecular formula is C25H27F3N4O5S. The summed E-state index contributed by atoms with van der Waals surface area (Å²) in [5.74, 6) is -1.30. The van der Waals surface area contributed by atoms with Crippen molar-refractivity contribution in [2.24, 2.45) is 5.92 Å². The lowest BCUT2D eigenvalue weighted by atomic mass is 10.0. The maximum Gasteiger partial charge on any atom is 0.416 e. The van der Waals surface area contributed by atoms with Gasteiger partial charge in [0, 0.05) is 31.3 Å². The lowest BCUT2D eigenvalue weighted by Crippen LogP contribution is -2.44. The fourth-order valence-electron chi connectivity index (χ4n) is 4.86. The maximum atomic E-state index is 13.0. The van der Waals surface area contributed by atoms with E-state index < -0.39 is 39.8 Å². The van der Waals surface area contributed by atoms with Crippen LogP contribution in [0.1, 0.15) is 42.1 Å². The summed E-state index contributed by atoms with van der Waals surface area (Å²) in [5.41, 5.74) is -0.752. The predicted octanol–water partition coefficient (Wildman–Crippen LogP) is 2.49. The standard InChI is InChI=1S/C25H27F3N4O5S/c1-16(9-12-30-24(35)17-5-7-18(8-6-17)25(26,27)28)14-22(34)31-13-10-19-23(31)20(33)15-32(19)38(36,37)21-4-2-3-11-29-21/h2-8,11,16,19,23H,9-10,12-15H2,1H3,(H,30,35). The molecule has 0 aliphatic carbocycles. The number of nitrogens with one attached hydrogen (secondary N) is 1. The molecule has 9 nitrogen and oxygen atoms in total. The number of ketones is 1. The summed E-state index contributed by atoms with van der Waals surface area (Å²) in [6.45, 7) is 1.95. The number of alkyl halides is 3. The van der Waals surface area contributed by atoms with E-state index in [2.05, 4.69) is 10.3 Å². The number of Topliss-reactive ketones (excluding diaryl/α,β-unsaturated/α-hetero) is 1. The molecule has 1 N–H and O–H groups in total. The lowest BCUT2D eigenvalue weighted by Gasteiger charge is -2.25. The number of aromatic nitrogens is 1. The largest absolute Gasteiger partial charge is 0.416 e. The second kappa shape index (κ2) is 10.8. The van der Waals surface area contributed by atoms with Crippen LogP contribution in [-0.4, -0.2) is 71.9 Å². The Bertz CT molecular complexity index is 1300. The SMILES string of the molecule is CC(CCNC(=O)c1ccc(C(F)(F)F)cc1)CC(=O)N1CCC2C1C(=O)CN2S(=O)(=O)c1ccccn1. The van der Waals surface area contributed by atoms with Gasteiger partial charge in [-0.3, -0.25) is 14.4 Å². The topological polar surface area (TPSA) is 117 Å². The molecule has 4 rings (SSSR count). The number of sulfonamides is 1. The van der Waals surface area contributed by atoms with Crippen molar-refractivity contribution in [3.05, 3.63) is 59.8 Å². The molecule has 0 bridgehead atoms. The minimum absolute atomic E-state index is 0.0924. The van der Waals surface area contributed by atoms with Gasteiger partial charge in [0.25, 0.3) is 15.9 Å². The molecule has 38 heavy (non-hydrogen) atoms. The molecule has 2 aromatic rings. The Kier molecular flexibility index (Phi) is 7.88. The number of carbonyl (C=O) groups is 3. The molecule has 2 aliphatic rings. The molecule has 3 atom stereocenters. The van der Waals surface area contributed by atoms with E-state index >= 15 is 0 Å². The Morgan fingerprint density at radius 2 is 1.87 bits per heavy atom. The number of pyridine rings is 1. The lowest BCUT2D eigenvalue weighted by molar-refractivity contribution is -0.137. The number of halogens is 3. The minimum atomic E-state index is -4.49. The first-order chi connectivity index (χ1) is 17.9. The van der Waals surface area contributed by atoms with Gasteiger partial charge in [-0.25, -0.2) is 13.4 Å². The van der Waals surface area contributed by atoms with Crippen LogP contribution in [0.25, 0.3) is 0 Å². The molecular weight excluding hydrogens is 525 g/mol. The molecule has 1 aromatic carbocycles. The van der Waals surface area contributed by atoms with Gasteiger partial charge in [0.05, 0.1) is 18.2 Å². The third kappa shape index (κ3) is 5.73. The summed E-state index contributed by atoms with van der Waals surface area (Å²) in [6.07, 6.45) is -2.26. The molecule has 0 radical (unpaired) electrons. The number of hydrogen-bond acceptors (Lipinski definition) is 6. The van der Waals surface area contributed by atoms with E-state index in [1.807, 2.05) is 6.92 Å². The van der Waals surface area contributed by atoms with Crippen molar-refractivity contribution in [1.29, 1.82) is 0 Å². The van der Waals surface area contributed by atoms with Gasteiger partial charge in [-0.1, -0.05) is 13.0 Å². The zero-order chi connectivity index (χ0) is 27.7. The fraction of sp³-hybridized carbons (Fsp3) is 0.440. The monoisotopic (exact) mass is 552 g/mol. The second-order valence-corrected chi connectivity index (χ2v) is 11.3. The van der Waals surface area contributed by atoms with Gasteiger partial charge in [-0.05, 0) is 55.2 Å². The van der Waals surface area contributed by atoms with Gasteiger partial charge < -0.3 is 10.2 Å². The highest BCUT2D eigenvalue weighted by Crippen LogP contribution is 2.34. The first kappa shape index (κ1) is 27.7. The van der Waals surface area contributed by atoms with Gasteiger partial charge in [-0.15, -0.1) is 0 Å². The highest BCUT2D eigenvalue weighted by atomic mass is 32.2. The number of fused-ring (bicyclic) bond motifs is 1. The van der Waals surface area contributed by atoms with Crippen molar-refractivity contribution in [2.75, 3.05) is 19.6 Å². The van der Waals surface area contributed by atoms with E-state index in [0.717, 1.165) is 28.6 Å². The van der Waals surface area contributed by atoms with E-state index in [1.165, 1.54) is 17.2 Å². The van der Waals surface area contributed by atoms with Crippen molar-refractivity contribution in [2.45, 2.75) is 49.5 Å². The van der Waals surface area contributed by atoms with E-state index in [9.17, 15) is 36.0 Å². The summed E-state index contributed by atoms with van der Waals surface area (Å²) in [6, 6.07) is 6.91. The Morgan fingerprint density at radius 1 is 1.16 bits per heavy atom. The number of benzene rings is 1. The van der Waals surface area contributed by atoms with Crippen molar-refractivity contribution < 1.29 is 36.0 Å². The van der Waals surface area contributed by atoms with E-state index in [-0.39, 0.29) is 54.3 Å². The van der Waals surface area contributed by atoms with Crippen LogP contribution < -0.4 is 5.32 Å². The molecule has 1 aromatic heterocycles. The maximum absolute atomic E-state index is 13.0. The van der Waals surface area contributed by atoms with Crippen LogP contribution in [0, 0.1) is 5.92 Å². The Hall–Kier alpha value is -3.32. The molecule has 13 heteroatoms. The first-order valence-corrected chi connectivity index (χ1v) is 13.5. The van der Waals surface area contributed by atoms with Crippen molar-refractivity contribution in [3.8, 4) is 0 Å². The number of carbonyl (C=O) groups excluding carboxylic acids is 3. The summed E-state index contributed by atoms with van der Waals surface area (Å²) in [7, 11) is -3.98. The normalized spacial score (nSPS) is 20.8. The van der Waals surface area contributed by atoms with Gasteiger partial charge in [0.15, 0.2) is 10.8 Å². The molecule has 2 saturated heterocycles. The van der Waals surface area contributed by atoms with Crippen LogP contribution in [0.15, 0.2) is 53.7 Å². The summed E-state index contributed by atoms with van der Waals surface area (Å²) < 4.78 is 65.3. The Labute approximate surface area is 218 Å². The number of hydrogen-bond donors (Lipinski definition) is 1. The number of nitrogens with zero attached hydrogens (tertiary/aromatic N) is 3. The summed E-state index contributed by atoms with van der Waals surface area (Å²) in [4.78, 5) is 43.4. The Morgan fingerprint density at radius 3 is 2.50 bits per heavy atom. The minimum Gasteiger partial charge on any atom is -0.352 e. The number of likely N-dealkylation sites (tertiary alicyclic amines) is 1. The van der Waals surface area contributed by atoms with E-state index in [1.54, 1.807) is 12.1 Å². The molecule has 2 fully saturated rings.